The summed E-state index contributed by atoms with van der Waals surface area (Å²) >= 11 is 6.36. The Morgan fingerprint density at radius 1 is 1.08 bits per heavy atom. The molecule has 0 spiro atoms. The zero-order valence-corrected chi connectivity index (χ0v) is 17.0. The van der Waals surface area contributed by atoms with Gasteiger partial charge in [0, 0.05) is 17.1 Å². The Morgan fingerprint density at radius 3 is 2.28 bits per heavy atom. The molecule has 0 aliphatic heterocycles. The molecule has 2 atom stereocenters. The van der Waals surface area contributed by atoms with Crippen molar-refractivity contribution < 1.29 is 23.9 Å². The van der Waals surface area contributed by atoms with E-state index in [-0.39, 0.29) is 25.4 Å². The second-order valence-electron chi connectivity index (χ2n) is 5.00. The van der Waals surface area contributed by atoms with Gasteiger partial charge in [0.05, 0.1) is 13.0 Å². The number of rotatable bonds is 10. The third-order valence-electron chi connectivity index (χ3n) is 3.17. The van der Waals surface area contributed by atoms with Crippen molar-refractivity contribution in [2.24, 2.45) is 0 Å². The number of hydrogen-bond acceptors (Lipinski definition) is 5. The molecule has 6 nitrogen and oxygen atoms in total. The Morgan fingerprint density at radius 2 is 1.72 bits per heavy atom. The van der Waals surface area contributed by atoms with Crippen LogP contribution in [-0.2, 0) is 23.9 Å². The summed E-state index contributed by atoms with van der Waals surface area (Å²) < 4.78 is 10.6. The largest absolute Gasteiger partial charge is 0.464 e. The van der Waals surface area contributed by atoms with Crippen molar-refractivity contribution in [1.29, 1.82) is 0 Å². The smallest absolute Gasteiger partial charge is 0.332 e. The zero-order valence-electron chi connectivity index (χ0n) is 13.9. The van der Waals surface area contributed by atoms with Crippen molar-refractivity contribution in [2.75, 3.05) is 17.3 Å². The normalized spacial score (nSPS) is 12.8. The van der Waals surface area contributed by atoms with Crippen LogP contribution in [0, 0.1) is 0 Å². The van der Waals surface area contributed by atoms with Crippen molar-refractivity contribution >= 4 is 49.7 Å². The van der Waals surface area contributed by atoms with Gasteiger partial charge in [-0.05, 0) is 12.5 Å². The van der Waals surface area contributed by atoms with Gasteiger partial charge in [-0.3, -0.25) is 9.59 Å². The molecule has 1 unspecified atom stereocenters. The lowest BCUT2D eigenvalue weighted by atomic mass is 10.0. The van der Waals surface area contributed by atoms with Crippen molar-refractivity contribution in [1.82, 2.24) is 5.32 Å². The molecular weight excluding hydrogens is 458 g/mol. The third-order valence-corrected chi connectivity index (χ3v) is 3.96. The lowest BCUT2D eigenvalue weighted by Gasteiger charge is -2.26. The first-order valence-corrected chi connectivity index (χ1v) is 10.1. The van der Waals surface area contributed by atoms with Crippen LogP contribution in [0.5, 0.6) is 0 Å². The van der Waals surface area contributed by atoms with E-state index in [1.807, 2.05) is 6.07 Å². The molecule has 1 amide bonds. The molecule has 0 saturated carbocycles. The fourth-order valence-electron chi connectivity index (χ4n) is 2.07. The number of alkyl halides is 2. The van der Waals surface area contributed by atoms with Crippen molar-refractivity contribution in [3.05, 3.63) is 35.9 Å². The topological polar surface area (TPSA) is 81.7 Å². The quantitative estimate of drug-likeness (QED) is 0.413. The Balaban J connectivity index is 3.13. The monoisotopic (exact) mass is 477 g/mol. The van der Waals surface area contributed by atoms with E-state index < -0.39 is 24.1 Å². The highest BCUT2D eigenvalue weighted by atomic mass is 79.9. The van der Waals surface area contributed by atoms with Crippen molar-refractivity contribution in [3.8, 4) is 0 Å². The summed E-state index contributed by atoms with van der Waals surface area (Å²) in [5.41, 5.74) is 0.600. The average Bonchev–Trinajstić information content (AvgIpc) is 2.59. The predicted molar refractivity (Wildman–Crippen MR) is 101 cm³/mol. The summed E-state index contributed by atoms with van der Waals surface area (Å²) in [5, 5.41) is 3.51. The van der Waals surface area contributed by atoms with E-state index in [1.54, 1.807) is 31.2 Å². The summed E-state index contributed by atoms with van der Waals surface area (Å²) in [6, 6.07) is 7.69. The van der Waals surface area contributed by atoms with Gasteiger partial charge >= 0.3 is 11.9 Å². The fourth-order valence-corrected chi connectivity index (χ4v) is 2.75. The van der Waals surface area contributed by atoms with Crippen LogP contribution in [0.4, 0.5) is 0 Å². The van der Waals surface area contributed by atoms with E-state index in [2.05, 4.69) is 37.2 Å². The number of hydrogen-bond donors (Lipinski definition) is 1. The van der Waals surface area contributed by atoms with E-state index in [0.717, 1.165) is 0 Å². The average molecular weight is 479 g/mol. The molecule has 0 fully saturated rings. The molecule has 0 aromatic heterocycles. The van der Waals surface area contributed by atoms with Gasteiger partial charge in [-0.25, -0.2) is 4.79 Å². The van der Waals surface area contributed by atoms with E-state index in [4.69, 9.17) is 9.47 Å². The van der Waals surface area contributed by atoms with E-state index in [1.165, 1.54) is 0 Å². The summed E-state index contributed by atoms with van der Waals surface area (Å²) in [5.74, 6) is -1.46. The molecule has 1 rings (SSSR count). The van der Waals surface area contributed by atoms with Gasteiger partial charge in [0.15, 0.2) is 12.1 Å². The molecule has 138 valence electrons. The Labute approximate surface area is 163 Å². The molecular formula is C17H21Br2NO5. The lowest BCUT2D eigenvalue weighted by Crippen LogP contribution is -2.47. The summed E-state index contributed by atoms with van der Waals surface area (Å²) in [6.07, 6.45) is -0.632. The maximum absolute atomic E-state index is 12.4. The molecule has 0 radical (unpaired) electrons. The lowest BCUT2D eigenvalue weighted by molar-refractivity contribution is -0.160. The highest BCUT2D eigenvalue weighted by molar-refractivity contribution is 9.09. The molecule has 0 bridgehead atoms. The maximum Gasteiger partial charge on any atom is 0.332 e. The van der Waals surface area contributed by atoms with E-state index >= 15 is 0 Å². The fraction of sp³-hybridized carbons (Fsp3) is 0.471. The molecule has 0 heterocycles. The zero-order chi connectivity index (χ0) is 18.7. The number of ether oxygens (including phenoxy) is 2. The summed E-state index contributed by atoms with van der Waals surface area (Å²) in [6.45, 7) is 1.82. The molecule has 1 aromatic rings. The van der Waals surface area contributed by atoms with Gasteiger partial charge in [0.25, 0.3) is 0 Å². The number of carbonyl (C=O) groups excluding carboxylic acids is 3. The molecule has 25 heavy (non-hydrogen) atoms. The van der Waals surface area contributed by atoms with Crippen LogP contribution in [0.3, 0.4) is 0 Å². The highest BCUT2D eigenvalue weighted by Gasteiger charge is 2.35. The predicted octanol–water partition coefficient (Wildman–Crippen LogP) is 2.89. The molecule has 0 aliphatic rings. The molecule has 1 N–H and O–H groups in total. The van der Waals surface area contributed by atoms with Crippen molar-refractivity contribution in [3.63, 3.8) is 0 Å². The highest BCUT2D eigenvalue weighted by Crippen LogP contribution is 2.23. The Hall–Kier alpha value is -1.41. The van der Waals surface area contributed by atoms with Crippen molar-refractivity contribution in [2.45, 2.75) is 31.9 Å². The van der Waals surface area contributed by atoms with Crippen LogP contribution in [-0.4, -0.2) is 41.2 Å². The number of carbonyl (C=O) groups is 3. The molecule has 0 aliphatic carbocycles. The number of nitrogens with one attached hydrogen (secondary N) is 1. The van der Waals surface area contributed by atoms with Crippen LogP contribution in [0.1, 0.15) is 31.4 Å². The van der Waals surface area contributed by atoms with Gasteiger partial charge in [0.2, 0.25) is 5.91 Å². The van der Waals surface area contributed by atoms with Gasteiger partial charge in [0.1, 0.15) is 0 Å². The molecule has 1 aromatic carbocycles. The van der Waals surface area contributed by atoms with Crippen LogP contribution in [0.25, 0.3) is 0 Å². The van der Waals surface area contributed by atoms with Gasteiger partial charge < -0.3 is 14.8 Å². The number of halogens is 2. The van der Waals surface area contributed by atoms with Gasteiger partial charge in [-0.2, -0.15) is 0 Å². The molecule has 0 saturated heterocycles. The number of benzene rings is 1. The minimum Gasteiger partial charge on any atom is -0.464 e. The first kappa shape index (κ1) is 21.6. The van der Waals surface area contributed by atoms with E-state index in [0.29, 0.717) is 16.2 Å². The van der Waals surface area contributed by atoms with Gasteiger partial charge in [-0.1, -0.05) is 62.2 Å². The first-order valence-electron chi connectivity index (χ1n) is 7.85. The Bertz CT molecular complexity index is 567. The SMILES string of the molecule is CCOC(=O)[C@H](NC(=O)CCBr)C(OC(=O)CCBr)c1ccccc1. The minimum atomic E-state index is -1.12. The number of esters is 2. The summed E-state index contributed by atoms with van der Waals surface area (Å²) in [4.78, 5) is 36.4. The maximum atomic E-state index is 12.4. The van der Waals surface area contributed by atoms with E-state index in [9.17, 15) is 14.4 Å². The third kappa shape index (κ3) is 7.56. The van der Waals surface area contributed by atoms with Gasteiger partial charge in [-0.15, -0.1) is 0 Å². The van der Waals surface area contributed by atoms with Crippen LogP contribution in [0.2, 0.25) is 0 Å². The van der Waals surface area contributed by atoms with Crippen LogP contribution in [0.15, 0.2) is 30.3 Å². The minimum absolute atomic E-state index is 0.147. The van der Waals surface area contributed by atoms with Crippen LogP contribution < -0.4 is 5.32 Å². The first-order chi connectivity index (χ1) is 12.0. The second kappa shape index (κ2) is 12.0. The number of amides is 1. The summed E-state index contributed by atoms with van der Waals surface area (Å²) in [7, 11) is 0. The molecule has 8 heteroatoms. The van der Waals surface area contributed by atoms with Crippen LogP contribution >= 0.6 is 31.9 Å². The standard InChI is InChI=1S/C17H21Br2NO5/c1-2-24-17(23)15(20-13(21)8-10-18)16(25-14(22)9-11-19)12-6-4-3-5-7-12/h3-7,15-16H,2,8-11H2,1H3,(H,20,21)/t15-,16?/m1/s1. The Kier molecular flexibility index (Phi) is 10.4. The second-order valence-corrected chi connectivity index (χ2v) is 6.58.